The summed E-state index contributed by atoms with van der Waals surface area (Å²) in [6.07, 6.45) is 1.12. The van der Waals surface area contributed by atoms with E-state index in [0.717, 1.165) is 54.0 Å². The number of fused-ring (bicyclic) bond motifs is 1. The molecule has 0 bridgehead atoms. The van der Waals surface area contributed by atoms with Gasteiger partial charge < -0.3 is 15.3 Å². The smallest absolute Gasteiger partial charge is 0.255 e. The van der Waals surface area contributed by atoms with Crippen LogP contribution >= 0.6 is 0 Å². The number of phenols is 1. The highest BCUT2D eigenvalue weighted by molar-refractivity contribution is 6.00. The van der Waals surface area contributed by atoms with Crippen molar-refractivity contribution in [3.63, 3.8) is 0 Å². The van der Waals surface area contributed by atoms with E-state index in [2.05, 4.69) is 52.7 Å². The molecular formula is C27H29N3O2. The van der Waals surface area contributed by atoms with Gasteiger partial charge in [-0.2, -0.15) is 0 Å². The number of benzene rings is 3. The molecule has 5 rings (SSSR count). The van der Waals surface area contributed by atoms with Crippen LogP contribution in [-0.2, 0) is 19.6 Å². The van der Waals surface area contributed by atoms with Gasteiger partial charge in [0, 0.05) is 50.0 Å². The van der Waals surface area contributed by atoms with E-state index >= 15 is 0 Å². The van der Waals surface area contributed by atoms with E-state index in [1.54, 1.807) is 12.1 Å². The van der Waals surface area contributed by atoms with Gasteiger partial charge in [-0.3, -0.25) is 9.69 Å². The summed E-state index contributed by atoms with van der Waals surface area (Å²) in [7, 11) is 0. The Hall–Kier alpha value is -3.31. The number of carbonyl (C=O) groups is 1. The molecule has 32 heavy (non-hydrogen) atoms. The molecule has 5 heteroatoms. The zero-order valence-electron chi connectivity index (χ0n) is 18.4. The highest BCUT2D eigenvalue weighted by Crippen LogP contribution is 2.31. The van der Waals surface area contributed by atoms with E-state index in [1.807, 2.05) is 24.0 Å². The van der Waals surface area contributed by atoms with Crippen molar-refractivity contribution < 1.29 is 9.90 Å². The molecule has 0 radical (unpaired) electrons. The average Bonchev–Trinajstić information content (AvgIpc) is 3.34. The van der Waals surface area contributed by atoms with Crippen LogP contribution < -0.4 is 5.32 Å². The summed E-state index contributed by atoms with van der Waals surface area (Å²) >= 11 is 0. The first-order valence-corrected chi connectivity index (χ1v) is 11.3. The molecule has 0 spiro atoms. The van der Waals surface area contributed by atoms with E-state index in [-0.39, 0.29) is 11.7 Å². The van der Waals surface area contributed by atoms with Crippen LogP contribution in [0, 0.1) is 6.92 Å². The number of phenolic OH excluding ortho intramolecular Hbond substituents is 1. The van der Waals surface area contributed by atoms with Gasteiger partial charge in [0.05, 0.1) is 0 Å². The van der Waals surface area contributed by atoms with E-state index in [0.29, 0.717) is 19.1 Å². The van der Waals surface area contributed by atoms with Crippen molar-refractivity contribution in [2.45, 2.75) is 39.0 Å². The minimum Gasteiger partial charge on any atom is -0.508 e. The van der Waals surface area contributed by atoms with Gasteiger partial charge in [-0.25, -0.2) is 0 Å². The molecule has 164 valence electrons. The first-order chi connectivity index (χ1) is 15.5. The first-order valence-electron chi connectivity index (χ1n) is 11.3. The van der Waals surface area contributed by atoms with Crippen LogP contribution in [-0.4, -0.2) is 39.9 Å². The fraction of sp³-hybridized carbons (Fsp3) is 0.296. The Labute approximate surface area is 189 Å². The van der Waals surface area contributed by atoms with Crippen LogP contribution in [0.25, 0.3) is 0 Å². The van der Waals surface area contributed by atoms with E-state index < -0.39 is 0 Å². The molecule has 1 amide bonds. The lowest BCUT2D eigenvalue weighted by atomic mass is 10.0. The van der Waals surface area contributed by atoms with Crippen molar-refractivity contribution in [1.29, 1.82) is 0 Å². The maximum atomic E-state index is 13.0. The van der Waals surface area contributed by atoms with E-state index in [4.69, 9.17) is 0 Å². The van der Waals surface area contributed by atoms with Crippen LogP contribution in [0.15, 0.2) is 66.7 Å². The normalized spacial score (nSPS) is 18.2. The van der Waals surface area contributed by atoms with Crippen LogP contribution in [0.3, 0.4) is 0 Å². The number of anilines is 1. The van der Waals surface area contributed by atoms with Crippen LogP contribution in [0.2, 0.25) is 0 Å². The lowest BCUT2D eigenvalue weighted by molar-refractivity contribution is 0.0766. The molecule has 0 aromatic heterocycles. The highest BCUT2D eigenvalue weighted by atomic mass is 16.3. The molecule has 2 N–H and O–H groups in total. The number of carbonyl (C=O) groups excluding carboxylic acids is 1. The molecule has 2 aliphatic heterocycles. The van der Waals surface area contributed by atoms with Gasteiger partial charge in [0.2, 0.25) is 0 Å². The molecule has 1 saturated heterocycles. The third-order valence-corrected chi connectivity index (χ3v) is 6.48. The Morgan fingerprint density at radius 3 is 2.53 bits per heavy atom. The number of rotatable bonds is 6. The number of aromatic hydroxyl groups is 1. The highest BCUT2D eigenvalue weighted by Gasteiger charge is 2.30. The molecule has 1 unspecified atom stereocenters. The fourth-order valence-electron chi connectivity index (χ4n) is 4.93. The maximum absolute atomic E-state index is 13.0. The molecule has 2 heterocycles. The van der Waals surface area contributed by atoms with Gasteiger partial charge >= 0.3 is 0 Å². The number of likely N-dealkylation sites (tertiary alicyclic amines) is 1. The number of nitrogens with zero attached hydrogens (tertiary/aromatic N) is 2. The Balaban J connectivity index is 1.24. The second-order valence-corrected chi connectivity index (χ2v) is 9.01. The van der Waals surface area contributed by atoms with Gasteiger partial charge in [-0.05, 0) is 59.9 Å². The molecule has 3 aromatic rings. The van der Waals surface area contributed by atoms with Crippen molar-refractivity contribution in [2.75, 3.05) is 18.4 Å². The summed E-state index contributed by atoms with van der Waals surface area (Å²) < 4.78 is 0. The third-order valence-electron chi connectivity index (χ3n) is 6.48. The average molecular weight is 428 g/mol. The molecule has 0 saturated carbocycles. The van der Waals surface area contributed by atoms with Gasteiger partial charge in [0.15, 0.2) is 0 Å². The van der Waals surface area contributed by atoms with Crippen molar-refractivity contribution in [3.8, 4) is 5.75 Å². The summed E-state index contributed by atoms with van der Waals surface area (Å²) in [5.41, 5.74) is 6.44. The third kappa shape index (κ3) is 4.34. The van der Waals surface area contributed by atoms with Gasteiger partial charge in [0.1, 0.15) is 5.75 Å². The topological polar surface area (TPSA) is 55.8 Å². The van der Waals surface area contributed by atoms with Crippen molar-refractivity contribution >= 4 is 11.6 Å². The summed E-state index contributed by atoms with van der Waals surface area (Å²) in [5, 5.41) is 13.2. The Kier molecular flexibility index (Phi) is 5.58. The summed E-state index contributed by atoms with van der Waals surface area (Å²) in [5.74, 6) is 0.331. The Morgan fingerprint density at radius 1 is 1.00 bits per heavy atom. The Bertz CT molecular complexity index is 1110. The van der Waals surface area contributed by atoms with Crippen molar-refractivity contribution in [1.82, 2.24) is 9.80 Å². The van der Waals surface area contributed by atoms with E-state index in [1.165, 1.54) is 5.56 Å². The zero-order valence-corrected chi connectivity index (χ0v) is 18.4. The SMILES string of the molecule is Cc1cc(NC2CCN(Cc3ccccc3)C2)cc2c1C(=O)N(Cc1ccc(O)cc1)C2. The lowest BCUT2D eigenvalue weighted by Gasteiger charge is -2.18. The molecule has 0 aliphatic carbocycles. The minimum atomic E-state index is 0.0898. The second kappa shape index (κ2) is 8.67. The van der Waals surface area contributed by atoms with Crippen LogP contribution in [0.1, 0.15) is 39.0 Å². The summed E-state index contributed by atoms with van der Waals surface area (Å²) in [6, 6.07) is 22.4. The van der Waals surface area contributed by atoms with E-state index in [9.17, 15) is 9.90 Å². The van der Waals surface area contributed by atoms with Gasteiger partial charge in [0.25, 0.3) is 5.91 Å². The summed E-state index contributed by atoms with van der Waals surface area (Å²) in [4.78, 5) is 17.4. The molecule has 1 fully saturated rings. The number of amides is 1. The largest absolute Gasteiger partial charge is 0.508 e. The predicted octanol–water partition coefficient (Wildman–Crippen LogP) is 4.54. The molecule has 5 nitrogen and oxygen atoms in total. The fourth-order valence-corrected chi connectivity index (χ4v) is 4.93. The molecule has 2 aliphatic rings. The maximum Gasteiger partial charge on any atom is 0.255 e. The molecular weight excluding hydrogens is 398 g/mol. The van der Waals surface area contributed by atoms with Crippen molar-refractivity contribution in [2.24, 2.45) is 0 Å². The minimum absolute atomic E-state index is 0.0898. The van der Waals surface area contributed by atoms with Crippen molar-refractivity contribution in [3.05, 3.63) is 94.5 Å². The van der Waals surface area contributed by atoms with Crippen LogP contribution in [0.4, 0.5) is 5.69 Å². The number of nitrogens with one attached hydrogen (secondary N) is 1. The summed E-state index contributed by atoms with van der Waals surface area (Å²) in [6.45, 7) is 6.31. The number of aryl methyl sites for hydroxylation is 1. The zero-order chi connectivity index (χ0) is 22.1. The number of hydrogen-bond donors (Lipinski definition) is 2. The number of hydrogen-bond acceptors (Lipinski definition) is 4. The predicted molar refractivity (Wildman–Crippen MR) is 127 cm³/mol. The second-order valence-electron chi connectivity index (χ2n) is 9.01. The Morgan fingerprint density at radius 2 is 1.75 bits per heavy atom. The quantitative estimate of drug-likeness (QED) is 0.606. The first kappa shape index (κ1) is 20.6. The monoisotopic (exact) mass is 427 g/mol. The molecule has 1 atom stereocenters. The molecule has 3 aromatic carbocycles. The van der Waals surface area contributed by atoms with Gasteiger partial charge in [-0.15, -0.1) is 0 Å². The van der Waals surface area contributed by atoms with Crippen LogP contribution in [0.5, 0.6) is 5.75 Å². The lowest BCUT2D eigenvalue weighted by Crippen LogP contribution is -2.26. The standard InChI is InChI=1S/C27H29N3O2/c1-19-13-24(28-23-11-12-29(18-23)15-20-5-3-2-4-6-20)14-22-17-30(27(32)26(19)22)16-21-7-9-25(31)10-8-21/h2-10,13-14,23,28,31H,11-12,15-18H2,1H3. The van der Waals surface area contributed by atoms with Gasteiger partial charge in [-0.1, -0.05) is 42.5 Å².